The van der Waals surface area contributed by atoms with E-state index in [9.17, 15) is 10.2 Å². The minimum Gasteiger partial charge on any atom is -0.394 e. The Morgan fingerprint density at radius 2 is 1.46 bits per heavy atom. The van der Waals surface area contributed by atoms with E-state index in [0.29, 0.717) is 6.61 Å². The van der Waals surface area contributed by atoms with Gasteiger partial charge in [-0.2, -0.15) is 0 Å². The highest BCUT2D eigenvalue weighted by Gasteiger charge is 2.18. The van der Waals surface area contributed by atoms with Crippen LogP contribution < -0.4 is 0 Å². The lowest BCUT2D eigenvalue weighted by Crippen LogP contribution is -2.32. The van der Waals surface area contributed by atoms with Gasteiger partial charge in [-0.3, -0.25) is 0 Å². The molecule has 3 heteroatoms. The van der Waals surface area contributed by atoms with Crippen molar-refractivity contribution < 1.29 is 14.9 Å². The second-order valence-corrected chi connectivity index (χ2v) is 6.91. The van der Waals surface area contributed by atoms with Crippen LogP contribution >= 0.6 is 0 Å². The molecule has 3 nitrogen and oxygen atoms in total. The molecule has 0 fully saturated rings. The van der Waals surface area contributed by atoms with Crippen LogP contribution in [0.2, 0.25) is 0 Å². The zero-order valence-electron chi connectivity index (χ0n) is 16.1. The van der Waals surface area contributed by atoms with E-state index in [2.05, 4.69) is 13.5 Å². The number of rotatable bonds is 19. The van der Waals surface area contributed by atoms with E-state index in [1.807, 2.05) is 6.08 Å². The van der Waals surface area contributed by atoms with Crippen molar-refractivity contribution in [2.24, 2.45) is 0 Å². The Morgan fingerprint density at radius 1 is 0.875 bits per heavy atom. The molecule has 0 rings (SSSR count). The second kappa shape index (κ2) is 19.0. The van der Waals surface area contributed by atoms with Gasteiger partial charge in [-0.15, -0.1) is 6.58 Å². The molecule has 0 aliphatic carbocycles. The minimum absolute atomic E-state index is 0.0968. The summed E-state index contributed by atoms with van der Waals surface area (Å²) in [5.41, 5.74) is 0. The van der Waals surface area contributed by atoms with Gasteiger partial charge in [0.15, 0.2) is 0 Å². The molecule has 0 aromatic heterocycles. The maximum absolute atomic E-state index is 10.1. The number of allylic oxidation sites excluding steroid dienone is 1. The highest BCUT2D eigenvalue weighted by molar-refractivity contribution is 4.69. The lowest BCUT2D eigenvalue weighted by Gasteiger charge is -2.21. The molecule has 144 valence electrons. The molecule has 0 saturated heterocycles. The third kappa shape index (κ3) is 15.2. The molecule has 24 heavy (non-hydrogen) atoms. The van der Waals surface area contributed by atoms with Crippen molar-refractivity contribution in [3.8, 4) is 0 Å². The summed E-state index contributed by atoms with van der Waals surface area (Å²) in [5, 5.41) is 19.5. The van der Waals surface area contributed by atoms with Gasteiger partial charge in [-0.1, -0.05) is 77.2 Å². The normalized spacial score (nSPS) is 13.8. The Bertz CT molecular complexity index is 255. The van der Waals surface area contributed by atoms with Crippen LogP contribution in [0.15, 0.2) is 12.7 Å². The summed E-state index contributed by atoms with van der Waals surface area (Å²) in [6.07, 6.45) is 17.6. The summed E-state index contributed by atoms with van der Waals surface area (Å²) < 4.78 is 5.61. The van der Waals surface area contributed by atoms with Crippen LogP contribution in [0, 0.1) is 0 Å². The van der Waals surface area contributed by atoms with E-state index in [-0.39, 0.29) is 6.61 Å². The topological polar surface area (TPSA) is 49.7 Å². The Labute approximate surface area is 150 Å². The molecule has 2 atom stereocenters. The molecule has 0 aliphatic heterocycles. The monoisotopic (exact) mass is 342 g/mol. The molecular weight excluding hydrogens is 300 g/mol. The fraction of sp³-hybridized carbons (Fsp3) is 0.905. The van der Waals surface area contributed by atoms with Gasteiger partial charge in [-0.25, -0.2) is 0 Å². The van der Waals surface area contributed by atoms with Gasteiger partial charge >= 0.3 is 0 Å². The van der Waals surface area contributed by atoms with Crippen LogP contribution in [0.3, 0.4) is 0 Å². The molecule has 2 N–H and O–H groups in total. The van der Waals surface area contributed by atoms with Gasteiger partial charge in [-0.05, 0) is 25.7 Å². The van der Waals surface area contributed by atoms with E-state index in [0.717, 1.165) is 32.1 Å². The standard InChI is InChI=1S/C21H42O3/c1-3-5-7-9-10-11-12-13-14-15-17-20(23)21(19-22)24-18-16-8-6-4-2/h4,20-23H,2-3,5-19H2,1H3/t20?,21-/m0/s1. The van der Waals surface area contributed by atoms with E-state index in [1.54, 1.807) is 0 Å². The zero-order valence-corrected chi connectivity index (χ0v) is 16.1. The van der Waals surface area contributed by atoms with Gasteiger partial charge in [0, 0.05) is 6.61 Å². The lowest BCUT2D eigenvalue weighted by atomic mass is 10.0. The van der Waals surface area contributed by atoms with Crippen LogP contribution in [-0.2, 0) is 4.74 Å². The van der Waals surface area contributed by atoms with Crippen molar-refractivity contribution >= 4 is 0 Å². The van der Waals surface area contributed by atoms with Crippen LogP contribution in [-0.4, -0.2) is 35.6 Å². The summed E-state index contributed by atoms with van der Waals surface area (Å²) in [6, 6.07) is 0. The molecule has 0 amide bonds. The first-order valence-electron chi connectivity index (χ1n) is 10.3. The Balaban J connectivity index is 3.47. The first-order chi connectivity index (χ1) is 11.8. The van der Waals surface area contributed by atoms with E-state index < -0.39 is 12.2 Å². The molecular formula is C21H42O3. The van der Waals surface area contributed by atoms with Gasteiger partial charge in [0.05, 0.1) is 12.7 Å². The van der Waals surface area contributed by atoms with Crippen molar-refractivity contribution in [2.45, 2.75) is 109 Å². The molecule has 1 unspecified atom stereocenters. The Kier molecular flexibility index (Phi) is 18.7. The van der Waals surface area contributed by atoms with Crippen LogP contribution in [0.5, 0.6) is 0 Å². The second-order valence-electron chi connectivity index (χ2n) is 6.91. The number of aliphatic hydroxyl groups is 2. The molecule has 0 radical (unpaired) electrons. The maximum atomic E-state index is 10.1. The minimum atomic E-state index is -0.538. The smallest absolute Gasteiger partial charge is 0.106 e. The Hall–Kier alpha value is -0.380. The number of aliphatic hydroxyl groups excluding tert-OH is 2. The maximum Gasteiger partial charge on any atom is 0.106 e. The fourth-order valence-electron chi connectivity index (χ4n) is 2.94. The lowest BCUT2D eigenvalue weighted by molar-refractivity contribution is -0.0670. The number of hydrogen-bond donors (Lipinski definition) is 2. The average molecular weight is 343 g/mol. The summed E-state index contributed by atoms with van der Waals surface area (Å²) in [7, 11) is 0. The highest BCUT2D eigenvalue weighted by Crippen LogP contribution is 2.14. The van der Waals surface area contributed by atoms with Crippen molar-refractivity contribution in [2.75, 3.05) is 13.2 Å². The molecule has 0 aliphatic rings. The number of ether oxygens (including phenoxy) is 1. The van der Waals surface area contributed by atoms with Crippen LogP contribution in [0.4, 0.5) is 0 Å². The summed E-state index contributed by atoms with van der Waals surface area (Å²) in [6.45, 7) is 6.46. The predicted octanol–water partition coefficient (Wildman–Crippen LogP) is 5.39. The summed E-state index contributed by atoms with van der Waals surface area (Å²) >= 11 is 0. The van der Waals surface area contributed by atoms with Gasteiger partial charge < -0.3 is 14.9 Å². The van der Waals surface area contributed by atoms with Gasteiger partial charge in [0.2, 0.25) is 0 Å². The van der Waals surface area contributed by atoms with Gasteiger partial charge in [0.25, 0.3) is 0 Å². The van der Waals surface area contributed by atoms with Crippen molar-refractivity contribution in [3.63, 3.8) is 0 Å². The summed E-state index contributed by atoms with van der Waals surface area (Å²) in [5.74, 6) is 0. The quantitative estimate of drug-likeness (QED) is 0.244. The molecule has 0 saturated carbocycles. The van der Waals surface area contributed by atoms with E-state index >= 15 is 0 Å². The van der Waals surface area contributed by atoms with E-state index in [1.165, 1.54) is 57.8 Å². The van der Waals surface area contributed by atoms with E-state index in [4.69, 9.17) is 4.74 Å². The van der Waals surface area contributed by atoms with Crippen LogP contribution in [0.25, 0.3) is 0 Å². The third-order valence-electron chi connectivity index (χ3n) is 4.60. The average Bonchev–Trinajstić information content (AvgIpc) is 2.59. The zero-order chi connectivity index (χ0) is 17.9. The molecule has 0 spiro atoms. The molecule has 0 aromatic rings. The first kappa shape index (κ1) is 23.6. The van der Waals surface area contributed by atoms with Crippen molar-refractivity contribution in [1.82, 2.24) is 0 Å². The molecule has 0 heterocycles. The summed E-state index contributed by atoms with van der Waals surface area (Å²) in [4.78, 5) is 0. The third-order valence-corrected chi connectivity index (χ3v) is 4.60. The van der Waals surface area contributed by atoms with Gasteiger partial charge in [0.1, 0.15) is 6.10 Å². The fourth-order valence-corrected chi connectivity index (χ4v) is 2.94. The first-order valence-corrected chi connectivity index (χ1v) is 10.3. The largest absolute Gasteiger partial charge is 0.394 e. The predicted molar refractivity (Wildman–Crippen MR) is 103 cm³/mol. The van der Waals surface area contributed by atoms with Crippen molar-refractivity contribution in [1.29, 1.82) is 0 Å². The van der Waals surface area contributed by atoms with Crippen LogP contribution in [0.1, 0.15) is 96.8 Å². The van der Waals surface area contributed by atoms with Crippen molar-refractivity contribution in [3.05, 3.63) is 12.7 Å². The molecule has 0 bridgehead atoms. The highest BCUT2D eigenvalue weighted by atomic mass is 16.5. The number of unbranched alkanes of at least 4 members (excludes halogenated alkanes) is 11. The SMILES string of the molecule is C=CCCCCO[C@@H](CO)C(O)CCCCCCCCCCCC. The molecule has 0 aromatic carbocycles. The number of hydrogen-bond acceptors (Lipinski definition) is 3. The Morgan fingerprint density at radius 3 is 2.00 bits per heavy atom.